The summed E-state index contributed by atoms with van der Waals surface area (Å²) in [5.74, 6) is -0.846. The molecule has 0 aliphatic heterocycles. The third-order valence-corrected chi connectivity index (χ3v) is 2.78. The van der Waals surface area contributed by atoms with Gasteiger partial charge in [-0.15, -0.1) is 13.2 Å². The lowest BCUT2D eigenvalue weighted by atomic mass is 10.1. The van der Waals surface area contributed by atoms with Crippen LogP contribution < -0.4 is 15.6 Å². The number of anilines is 1. The number of ether oxygens (including phenoxy) is 1. The number of para-hydroxylation sites is 2. The lowest BCUT2D eigenvalue weighted by Crippen LogP contribution is -2.22. The number of nitro benzene ring substituents is 1. The van der Waals surface area contributed by atoms with E-state index in [0.717, 1.165) is 6.07 Å². The van der Waals surface area contributed by atoms with Gasteiger partial charge < -0.3 is 10.2 Å². The molecule has 0 bridgehead atoms. The lowest BCUT2D eigenvalue weighted by Gasteiger charge is -2.12. The highest BCUT2D eigenvalue weighted by Crippen LogP contribution is 2.34. The van der Waals surface area contributed by atoms with Gasteiger partial charge in [0.15, 0.2) is 0 Å². The van der Waals surface area contributed by atoms with Crippen LogP contribution in [0.5, 0.6) is 5.75 Å². The van der Waals surface area contributed by atoms with Crippen molar-refractivity contribution in [3.63, 3.8) is 0 Å². The number of hydrogen-bond acceptors (Lipinski definition) is 5. The van der Waals surface area contributed by atoms with Gasteiger partial charge in [-0.2, -0.15) is 0 Å². The minimum absolute atomic E-state index is 0.0557. The molecular formula is C14H12F3N3O3. The van der Waals surface area contributed by atoms with Crippen molar-refractivity contribution in [2.24, 2.45) is 0 Å². The van der Waals surface area contributed by atoms with Crippen LogP contribution >= 0.6 is 0 Å². The standard InChI is InChI=1S/C14H12F3N3O3/c15-14(16,17)23-12-8-4-5-10(13(12)20(21)22)9-18-19-11-6-2-1-3-7-11/h1-8,18-19H,9H2. The number of alkyl halides is 3. The molecule has 23 heavy (non-hydrogen) atoms. The zero-order chi connectivity index (χ0) is 16.9. The zero-order valence-electron chi connectivity index (χ0n) is 11.6. The van der Waals surface area contributed by atoms with Crippen molar-refractivity contribution in [1.29, 1.82) is 0 Å². The summed E-state index contributed by atoms with van der Waals surface area (Å²) in [6.45, 7) is -0.0692. The number of nitro groups is 1. The first-order chi connectivity index (χ1) is 10.9. The Morgan fingerprint density at radius 3 is 2.39 bits per heavy atom. The van der Waals surface area contributed by atoms with Gasteiger partial charge in [-0.1, -0.05) is 30.3 Å². The summed E-state index contributed by atoms with van der Waals surface area (Å²) in [7, 11) is 0. The molecule has 0 saturated carbocycles. The van der Waals surface area contributed by atoms with Crippen molar-refractivity contribution in [3.8, 4) is 5.75 Å². The van der Waals surface area contributed by atoms with Crippen molar-refractivity contribution >= 4 is 11.4 Å². The van der Waals surface area contributed by atoms with Crippen LogP contribution in [0.15, 0.2) is 48.5 Å². The second kappa shape index (κ2) is 6.97. The fraction of sp³-hybridized carbons (Fsp3) is 0.143. The van der Waals surface area contributed by atoms with E-state index >= 15 is 0 Å². The van der Waals surface area contributed by atoms with Crippen LogP contribution in [0.25, 0.3) is 0 Å². The highest BCUT2D eigenvalue weighted by molar-refractivity contribution is 5.53. The third-order valence-electron chi connectivity index (χ3n) is 2.78. The second-order valence-corrected chi connectivity index (χ2v) is 4.41. The van der Waals surface area contributed by atoms with Gasteiger partial charge in [0.25, 0.3) is 0 Å². The van der Waals surface area contributed by atoms with Gasteiger partial charge >= 0.3 is 12.0 Å². The average molecular weight is 327 g/mol. The maximum atomic E-state index is 12.3. The monoisotopic (exact) mass is 327 g/mol. The molecule has 6 nitrogen and oxygen atoms in total. The van der Waals surface area contributed by atoms with E-state index in [1.165, 1.54) is 12.1 Å². The fourth-order valence-corrected chi connectivity index (χ4v) is 1.89. The predicted octanol–water partition coefficient (Wildman–Crippen LogP) is 3.61. The molecule has 0 unspecified atom stereocenters. The number of halogens is 3. The number of nitrogens with one attached hydrogen (secondary N) is 2. The maximum Gasteiger partial charge on any atom is 0.573 e. The van der Waals surface area contributed by atoms with E-state index in [9.17, 15) is 23.3 Å². The Labute approximate surface area is 129 Å². The molecule has 0 atom stereocenters. The summed E-state index contributed by atoms with van der Waals surface area (Å²) in [6, 6.07) is 12.4. The van der Waals surface area contributed by atoms with Gasteiger partial charge in [0, 0.05) is 17.8 Å². The molecule has 0 radical (unpaired) electrons. The first-order valence-electron chi connectivity index (χ1n) is 6.43. The van der Waals surface area contributed by atoms with Crippen LogP contribution in [0, 0.1) is 10.1 Å². The van der Waals surface area contributed by atoms with E-state index in [-0.39, 0.29) is 12.1 Å². The van der Waals surface area contributed by atoms with Gasteiger partial charge in [-0.05, 0) is 18.2 Å². The highest BCUT2D eigenvalue weighted by Gasteiger charge is 2.35. The van der Waals surface area contributed by atoms with Crippen LogP contribution in [0.4, 0.5) is 24.5 Å². The molecule has 0 fully saturated rings. The van der Waals surface area contributed by atoms with Gasteiger partial charge in [0.2, 0.25) is 5.75 Å². The average Bonchev–Trinajstić information content (AvgIpc) is 2.46. The Kier molecular flexibility index (Phi) is 5.02. The largest absolute Gasteiger partial charge is 0.573 e. The van der Waals surface area contributed by atoms with Crippen LogP contribution in [-0.4, -0.2) is 11.3 Å². The molecule has 2 N–H and O–H groups in total. The molecule has 0 heterocycles. The molecule has 2 rings (SSSR count). The minimum atomic E-state index is -5.00. The Morgan fingerprint density at radius 2 is 1.78 bits per heavy atom. The maximum absolute atomic E-state index is 12.3. The summed E-state index contributed by atoms with van der Waals surface area (Å²) in [5.41, 5.74) is 5.54. The van der Waals surface area contributed by atoms with Crippen LogP contribution in [0.2, 0.25) is 0 Å². The van der Waals surface area contributed by atoms with Crippen molar-refractivity contribution in [2.45, 2.75) is 12.9 Å². The third kappa shape index (κ3) is 4.85. The van der Waals surface area contributed by atoms with Crippen LogP contribution in [-0.2, 0) is 6.54 Å². The van der Waals surface area contributed by atoms with E-state index in [2.05, 4.69) is 15.6 Å². The number of hydrazine groups is 1. The van der Waals surface area contributed by atoms with Gasteiger partial charge in [-0.3, -0.25) is 10.1 Å². The summed E-state index contributed by atoms with van der Waals surface area (Å²) >= 11 is 0. The van der Waals surface area contributed by atoms with E-state index in [1.54, 1.807) is 24.3 Å². The summed E-state index contributed by atoms with van der Waals surface area (Å²) < 4.78 is 40.7. The smallest absolute Gasteiger partial charge is 0.398 e. The van der Waals surface area contributed by atoms with Crippen molar-refractivity contribution < 1.29 is 22.8 Å². The quantitative estimate of drug-likeness (QED) is 0.626. The molecule has 0 amide bonds. The Morgan fingerprint density at radius 1 is 1.09 bits per heavy atom. The van der Waals surface area contributed by atoms with E-state index in [1.807, 2.05) is 6.07 Å². The number of benzene rings is 2. The SMILES string of the molecule is O=[N+]([O-])c1c(CNNc2ccccc2)cccc1OC(F)(F)F. The molecular weight excluding hydrogens is 315 g/mol. The highest BCUT2D eigenvalue weighted by atomic mass is 19.4. The number of rotatable bonds is 6. The zero-order valence-corrected chi connectivity index (χ0v) is 11.6. The normalized spacial score (nSPS) is 11.1. The molecule has 9 heteroatoms. The molecule has 0 aliphatic rings. The topological polar surface area (TPSA) is 76.4 Å². The number of nitrogens with zero attached hydrogens (tertiary/aromatic N) is 1. The van der Waals surface area contributed by atoms with Crippen molar-refractivity contribution in [1.82, 2.24) is 5.43 Å². The van der Waals surface area contributed by atoms with E-state index < -0.39 is 22.7 Å². The Hall–Kier alpha value is -2.81. The van der Waals surface area contributed by atoms with Gasteiger partial charge in [0.1, 0.15) is 0 Å². The second-order valence-electron chi connectivity index (χ2n) is 4.41. The Balaban J connectivity index is 2.14. The van der Waals surface area contributed by atoms with Crippen molar-refractivity contribution in [2.75, 3.05) is 5.43 Å². The summed E-state index contributed by atoms with van der Waals surface area (Å²) in [4.78, 5) is 10.2. The lowest BCUT2D eigenvalue weighted by molar-refractivity contribution is -0.389. The van der Waals surface area contributed by atoms with Gasteiger partial charge in [-0.25, -0.2) is 5.43 Å². The predicted molar refractivity (Wildman–Crippen MR) is 76.7 cm³/mol. The van der Waals surface area contributed by atoms with Crippen molar-refractivity contribution in [3.05, 3.63) is 64.2 Å². The van der Waals surface area contributed by atoms with Crippen LogP contribution in [0.3, 0.4) is 0 Å². The molecule has 122 valence electrons. The molecule has 0 aliphatic carbocycles. The fourth-order valence-electron chi connectivity index (χ4n) is 1.89. The summed E-state index contributed by atoms with van der Waals surface area (Å²) in [6.07, 6.45) is -5.00. The molecule has 0 saturated heterocycles. The molecule has 2 aromatic carbocycles. The van der Waals surface area contributed by atoms with E-state index in [0.29, 0.717) is 5.69 Å². The van der Waals surface area contributed by atoms with E-state index in [4.69, 9.17) is 0 Å². The molecule has 2 aromatic rings. The first-order valence-corrected chi connectivity index (χ1v) is 6.43. The van der Waals surface area contributed by atoms with Gasteiger partial charge in [0.05, 0.1) is 4.92 Å². The molecule has 0 spiro atoms. The first kappa shape index (κ1) is 16.6. The summed E-state index contributed by atoms with van der Waals surface area (Å²) in [5, 5.41) is 11.1. The molecule has 0 aromatic heterocycles. The van der Waals surface area contributed by atoms with Crippen LogP contribution in [0.1, 0.15) is 5.56 Å². The minimum Gasteiger partial charge on any atom is -0.398 e. The Bertz CT molecular complexity index is 678. The number of hydrogen-bond donors (Lipinski definition) is 2.